The SMILES string of the molecule is O=C(CCl)Nc1cc(C2CCCC2)nn1-c1ccccc1. The topological polar surface area (TPSA) is 46.9 Å². The summed E-state index contributed by atoms with van der Waals surface area (Å²) in [5, 5.41) is 7.54. The molecule has 0 atom stereocenters. The molecule has 1 amide bonds. The van der Waals surface area contributed by atoms with Crippen LogP contribution in [0.2, 0.25) is 0 Å². The maximum absolute atomic E-state index is 11.6. The first-order valence-electron chi connectivity index (χ1n) is 7.29. The van der Waals surface area contributed by atoms with Gasteiger partial charge in [-0.2, -0.15) is 5.10 Å². The third-order valence-electron chi connectivity index (χ3n) is 3.89. The largest absolute Gasteiger partial charge is 0.310 e. The van der Waals surface area contributed by atoms with Crippen LogP contribution in [0, 0.1) is 0 Å². The summed E-state index contributed by atoms with van der Waals surface area (Å²) in [5.41, 5.74) is 1.99. The molecular formula is C16H18ClN3O. The number of para-hydroxylation sites is 1. The van der Waals surface area contributed by atoms with Crippen molar-refractivity contribution < 1.29 is 4.79 Å². The molecule has 0 unspecified atom stereocenters. The molecule has 0 radical (unpaired) electrons. The van der Waals surface area contributed by atoms with Crippen LogP contribution in [0.15, 0.2) is 36.4 Å². The summed E-state index contributed by atoms with van der Waals surface area (Å²) in [6.45, 7) is 0. The molecule has 110 valence electrons. The first kappa shape index (κ1) is 14.1. The molecule has 1 aromatic heterocycles. The summed E-state index contributed by atoms with van der Waals surface area (Å²) < 4.78 is 1.79. The van der Waals surface area contributed by atoms with Crippen molar-refractivity contribution in [3.05, 3.63) is 42.1 Å². The highest BCUT2D eigenvalue weighted by molar-refractivity contribution is 6.29. The summed E-state index contributed by atoms with van der Waals surface area (Å²) >= 11 is 5.59. The average molecular weight is 304 g/mol. The van der Waals surface area contributed by atoms with Gasteiger partial charge in [-0.1, -0.05) is 31.0 Å². The third kappa shape index (κ3) is 3.10. The van der Waals surface area contributed by atoms with E-state index in [2.05, 4.69) is 5.32 Å². The van der Waals surface area contributed by atoms with E-state index in [9.17, 15) is 4.79 Å². The minimum Gasteiger partial charge on any atom is -0.310 e. The van der Waals surface area contributed by atoms with E-state index in [1.807, 2.05) is 36.4 Å². The number of rotatable bonds is 4. The van der Waals surface area contributed by atoms with Gasteiger partial charge in [0.1, 0.15) is 11.7 Å². The number of alkyl halides is 1. The van der Waals surface area contributed by atoms with Gasteiger partial charge < -0.3 is 5.32 Å². The van der Waals surface area contributed by atoms with Crippen molar-refractivity contribution in [2.24, 2.45) is 0 Å². The standard InChI is InChI=1S/C16H18ClN3O/c17-11-16(21)18-15-10-14(12-6-4-5-7-12)19-20(15)13-8-2-1-3-9-13/h1-3,8-10,12H,4-7,11H2,(H,18,21). The number of nitrogens with zero attached hydrogens (tertiary/aromatic N) is 2. The molecule has 0 spiro atoms. The van der Waals surface area contributed by atoms with Crippen molar-refractivity contribution in [1.82, 2.24) is 9.78 Å². The van der Waals surface area contributed by atoms with Crippen LogP contribution in [-0.2, 0) is 4.79 Å². The van der Waals surface area contributed by atoms with Crippen molar-refractivity contribution in [2.75, 3.05) is 11.2 Å². The van der Waals surface area contributed by atoms with Gasteiger partial charge in [-0.3, -0.25) is 4.79 Å². The second-order valence-electron chi connectivity index (χ2n) is 5.36. The van der Waals surface area contributed by atoms with E-state index in [-0.39, 0.29) is 11.8 Å². The van der Waals surface area contributed by atoms with Crippen molar-refractivity contribution in [3.8, 4) is 5.69 Å². The Kier molecular flexibility index (Phi) is 4.25. The van der Waals surface area contributed by atoms with Gasteiger partial charge in [0, 0.05) is 12.0 Å². The molecule has 21 heavy (non-hydrogen) atoms. The Hall–Kier alpha value is -1.81. The maximum Gasteiger partial charge on any atom is 0.240 e. The molecule has 1 aliphatic carbocycles. The van der Waals surface area contributed by atoms with Crippen LogP contribution < -0.4 is 5.32 Å². The predicted octanol–water partition coefficient (Wildman–Crippen LogP) is 3.71. The molecule has 1 fully saturated rings. The van der Waals surface area contributed by atoms with Gasteiger partial charge in [0.25, 0.3) is 0 Å². The van der Waals surface area contributed by atoms with Crippen LogP contribution in [0.1, 0.15) is 37.3 Å². The smallest absolute Gasteiger partial charge is 0.240 e. The molecular weight excluding hydrogens is 286 g/mol. The zero-order valence-electron chi connectivity index (χ0n) is 11.8. The fraction of sp³-hybridized carbons (Fsp3) is 0.375. The minimum absolute atomic E-state index is 0.0568. The van der Waals surface area contributed by atoms with Crippen LogP contribution >= 0.6 is 11.6 Å². The molecule has 1 saturated carbocycles. The molecule has 1 aromatic carbocycles. The zero-order chi connectivity index (χ0) is 14.7. The molecule has 0 saturated heterocycles. The highest BCUT2D eigenvalue weighted by Gasteiger charge is 2.22. The van der Waals surface area contributed by atoms with Crippen molar-refractivity contribution in [3.63, 3.8) is 0 Å². The number of nitrogens with one attached hydrogen (secondary N) is 1. The lowest BCUT2D eigenvalue weighted by molar-refractivity contribution is -0.114. The Bertz CT molecular complexity index is 618. The molecule has 1 aliphatic rings. The number of hydrogen-bond acceptors (Lipinski definition) is 2. The lowest BCUT2D eigenvalue weighted by atomic mass is 10.0. The van der Waals surface area contributed by atoms with Crippen LogP contribution in [0.5, 0.6) is 0 Å². The van der Waals surface area contributed by atoms with Crippen LogP contribution in [0.4, 0.5) is 5.82 Å². The molecule has 1 N–H and O–H groups in total. The van der Waals surface area contributed by atoms with Crippen molar-refractivity contribution >= 4 is 23.3 Å². The second-order valence-corrected chi connectivity index (χ2v) is 5.63. The van der Waals surface area contributed by atoms with E-state index in [0.29, 0.717) is 11.7 Å². The summed E-state index contributed by atoms with van der Waals surface area (Å²) in [5.74, 6) is 0.917. The first-order valence-corrected chi connectivity index (χ1v) is 7.82. The third-order valence-corrected chi connectivity index (χ3v) is 4.13. The summed E-state index contributed by atoms with van der Waals surface area (Å²) in [6, 6.07) is 11.8. The Balaban J connectivity index is 1.97. The molecule has 4 nitrogen and oxygen atoms in total. The Morgan fingerprint density at radius 3 is 2.67 bits per heavy atom. The fourth-order valence-electron chi connectivity index (χ4n) is 2.85. The average Bonchev–Trinajstić information content (AvgIpc) is 3.17. The Morgan fingerprint density at radius 1 is 1.29 bits per heavy atom. The van der Waals surface area contributed by atoms with Gasteiger partial charge in [0.05, 0.1) is 11.4 Å². The van der Waals surface area contributed by atoms with Gasteiger partial charge >= 0.3 is 0 Å². The van der Waals surface area contributed by atoms with Gasteiger partial charge in [0.2, 0.25) is 5.91 Å². The van der Waals surface area contributed by atoms with Gasteiger partial charge in [-0.15, -0.1) is 11.6 Å². The summed E-state index contributed by atoms with van der Waals surface area (Å²) in [6.07, 6.45) is 4.86. The number of hydrogen-bond donors (Lipinski definition) is 1. The fourth-order valence-corrected chi connectivity index (χ4v) is 2.92. The van der Waals surface area contributed by atoms with E-state index in [4.69, 9.17) is 16.7 Å². The number of carbonyl (C=O) groups is 1. The Labute approximate surface area is 129 Å². The number of aromatic nitrogens is 2. The summed E-state index contributed by atoms with van der Waals surface area (Å²) in [7, 11) is 0. The second kappa shape index (κ2) is 6.31. The maximum atomic E-state index is 11.6. The normalized spacial score (nSPS) is 15.3. The van der Waals surface area contributed by atoms with Crippen molar-refractivity contribution in [2.45, 2.75) is 31.6 Å². The lowest BCUT2D eigenvalue weighted by Gasteiger charge is -2.07. The Morgan fingerprint density at radius 2 is 2.00 bits per heavy atom. The predicted molar refractivity (Wildman–Crippen MR) is 84.1 cm³/mol. The van der Waals surface area contributed by atoms with E-state index >= 15 is 0 Å². The van der Waals surface area contributed by atoms with E-state index in [1.165, 1.54) is 25.7 Å². The van der Waals surface area contributed by atoms with Gasteiger partial charge in [-0.05, 0) is 25.0 Å². The molecule has 0 aliphatic heterocycles. The number of anilines is 1. The molecule has 2 aromatic rings. The van der Waals surface area contributed by atoms with Crippen molar-refractivity contribution in [1.29, 1.82) is 0 Å². The molecule has 3 rings (SSSR count). The molecule has 1 heterocycles. The number of amides is 1. The van der Waals surface area contributed by atoms with Crippen LogP contribution in [0.3, 0.4) is 0 Å². The summed E-state index contributed by atoms with van der Waals surface area (Å²) in [4.78, 5) is 11.6. The number of carbonyl (C=O) groups excluding carboxylic acids is 1. The minimum atomic E-state index is -0.216. The molecule has 0 bridgehead atoms. The van der Waals surface area contributed by atoms with E-state index < -0.39 is 0 Å². The van der Waals surface area contributed by atoms with Gasteiger partial charge in [-0.25, -0.2) is 4.68 Å². The van der Waals surface area contributed by atoms with Crippen LogP contribution in [-0.4, -0.2) is 21.6 Å². The number of halogens is 1. The monoisotopic (exact) mass is 303 g/mol. The highest BCUT2D eigenvalue weighted by Crippen LogP contribution is 2.35. The first-order chi connectivity index (χ1) is 10.3. The highest BCUT2D eigenvalue weighted by atomic mass is 35.5. The van der Waals surface area contributed by atoms with E-state index in [1.54, 1.807) is 4.68 Å². The number of benzene rings is 1. The van der Waals surface area contributed by atoms with Crippen LogP contribution in [0.25, 0.3) is 5.69 Å². The van der Waals surface area contributed by atoms with Gasteiger partial charge in [0.15, 0.2) is 0 Å². The lowest BCUT2D eigenvalue weighted by Crippen LogP contribution is -2.15. The quantitative estimate of drug-likeness (QED) is 0.875. The zero-order valence-corrected chi connectivity index (χ0v) is 12.5. The molecule has 5 heteroatoms. The van der Waals surface area contributed by atoms with E-state index in [0.717, 1.165) is 11.4 Å².